The van der Waals surface area contributed by atoms with Gasteiger partial charge in [0.2, 0.25) is 0 Å². The highest BCUT2D eigenvalue weighted by atomic mass is 19.1. The number of nitrogens with one attached hydrogen (secondary N) is 1. The van der Waals surface area contributed by atoms with Crippen molar-refractivity contribution in [2.75, 3.05) is 5.32 Å². The van der Waals surface area contributed by atoms with Gasteiger partial charge in [0.15, 0.2) is 0 Å². The van der Waals surface area contributed by atoms with E-state index in [-0.39, 0.29) is 11.6 Å². The van der Waals surface area contributed by atoms with E-state index in [1.165, 1.54) is 18.2 Å². The Hall–Kier alpha value is -2.07. The standard InChI is InChI=1S/C11H10FN3/c1-8(4-5-13)15-11-3-2-9(7-14)6-10(11)12/h2-3,6,8,15H,4H2,1H3. The fourth-order valence-corrected chi connectivity index (χ4v) is 1.16. The molecule has 0 bridgehead atoms. The van der Waals surface area contributed by atoms with Crippen LogP contribution in [0.4, 0.5) is 10.1 Å². The minimum atomic E-state index is -0.473. The average Bonchev–Trinajstić information content (AvgIpc) is 2.21. The lowest BCUT2D eigenvalue weighted by atomic mass is 10.2. The number of nitrogens with zero attached hydrogens (tertiary/aromatic N) is 2. The second-order valence-corrected chi connectivity index (χ2v) is 3.21. The van der Waals surface area contributed by atoms with Crippen LogP contribution in [-0.2, 0) is 0 Å². The molecule has 1 N–H and O–H groups in total. The van der Waals surface area contributed by atoms with Crippen LogP contribution >= 0.6 is 0 Å². The Morgan fingerprint density at radius 2 is 2.20 bits per heavy atom. The maximum absolute atomic E-state index is 13.3. The molecule has 4 heteroatoms. The summed E-state index contributed by atoms with van der Waals surface area (Å²) in [5.74, 6) is -0.473. The molecule has 3 nitrogen and oxygen atoms in total. The smallest absolute Gasteiger partial charge is 0.147 e. The molecule has 15 heavy (non-hydrogen) atoms. The van der Waals surface area contributed by atoms with Crippen molar-refractivity contribution >= 4 is 5.69 Å². The molecule has 1 rings (SSSR count). The molecule has 1 atom stereocenters. The zero-order chi connectivity index (χ0) is 11.3. The Kier molecular flexibility index (Phi) is 3.65. The van der Waals surface area contributed by atoms with Crippen LogP contribution in [0.1, 0.15) is 18.9 Å². The second kappa shape index (κ2) is 4.97. The van der Waals surface area contributed by atoms with Crippen LogP contribution in [0.25, 0.3) is 0 Å². The highest BCUT2D eigenvalue weighted by Gasteiger charge is 2.06. The van der Waals surface area contributed by atoms with Crippen LogP contribution in [-0.4, -0.2) is 6.04 Å². The molecular formula is C11H10FN3. The molecule has 0 amide bonds. The zero-order valence-electron chi connectivity index (χ0n) is 8.29. The van der Waals surface area contributed by atoms with Gasteiger partial charge < -0.3 is 5.32 Å². The van der Waals surface area contributed by atoms with Crippen molar-refractivity contribution in [2.45, 2.75) is 19.4 Å². The SMILES string of the molecule is CC(CC#N)Nc1ccc(C#N)cc1F. The lowest BCUT2D eigenvalue weighted by molar-refractivity contribution is 0.626. The van der Waals surface area contributed by atoms with E-state index in [4.69, 9.17) is 10.5 Å². The Labute approximate surface area is 87.8 Å². The molecule has 0 aliphatic rings. The largest absolute Gasteiger partial charge is 0.379 e. The normalized spacial score (nSPS) is 11.2. The summed E-state index contributed by atoms with van der Waals surface area (Å²) in [6, 6.07) is 7.93. The van der Waals surface area contributed by atoms with Crippen molar-refractivity contribution in [2.24, 2.45) is 0 Å². The summed E-state index contributed by atoms with van der Waals surface area (Å²) >= 11 is 0. The van der Waals surface area contributed by atoms with Crippen molar-refractivity contribution in [3.63, 3.8) is 0 Å². The molecule has 0 saturated heterocycles. The molecular weight excluding hydrogens is 193 g/mol. The first kappa shape index (κ1) is 11.0. The number of nitriles is 2. The molecule has 0 radical (unpaired) electrons. The van der Waals surface area contributed by atoms with Crippen LogP contribution in [0.5, 0.6) is 0 Å². The minimum Gasteiger partial charge on any atom is -0.379 e. The van der Waals surface area contributed by atoms with E-state index in [0.717, 1.165) is 0 Å². The van der Waals surface area contributed by atoms with E-state index in [1.807, 2.05) is 12.1 Å². The molecule has 0 aliphatic heterocycles. The van der Waals surface area contributed by atoms with Gasteiger partial charge in [0.05, 0.1) is 29.8 Å². The first-order chi connectivity index (χ1) is 7.17. The third-order valence-electron chi connectivity index (χ3n) is 1.90. The first-order valence-electron chi connectivity index (χ1n) is 4.50. The predicted octanol–water partition coefficient (Wildman–Crippen LogP) is 2.41. The Morgan fingerprint density at radius 1 is 1.47 bits per heavy atom. The van der Waals surface area contributed by atoms with Gasteiger partial charge in [-0.15, -0.1) is 0 Å². The quantitative estimate of drug-likeness (QED) is 0.820. The number of anilines is 1. The van der Waals surface area contributed by atoms with E-state index in [2.05, 4.69) is 5.32 Å². The van der Waals surface area contributed by atoms with Crippen LogP contribution < -0.4 is 5.32 Å². The van der Waals surface area contributed by atoms with Gasteiger partial charge in [0, 0.05) is 6.04 Å². The number of halogens is 1. The number of benzene rings is 1. The summed E-state index contributed by atoms with van der Waals surface area (Å²) in [7, 11) is 0. The summed E-state index contributed by atoms with van der Waals surface area (Å²) in [6.45, 7) is 1.79. The van der Waals surface area contributed by atoms with Gasteiger partial charge in [-0.05, 0) is 25.1 Å². The molecule has 0 aromatic heterocycles. The molecule has 1 unspecified atom stereocenters. The summed E-state index contributed by atoms with van der Waals surface area (Å²) in [4.78, 5) is 0. The van der Waals surface area contributed by atoms with Gasteiger partial charge in [-0.2, -0.15) is 10.5 Å². The van der Waals surface area contributed by atoms with E-state index in [0.29, 0.717) is 12.1 Å². The lowest BCUT2D eigenvalue weighted by Crippen LogP contribution is -2.15. The van der Waals surface area contributed by atoms with E-state index in [1.54, 1.807) is 6.92 Å². The maximum Gasteiger partial charge on any atom is 0.147 e. The Balaban J connectivity index is 2.80. The highest BCUT2D eigenvalue weighted by molar-refractivity contribution is 5.49. The maximum atomic E-state index is 13.3. The van der Waals surface area contributed by atoms with E-state index in [9.17, 15) is 4.39 Å². The van der Waals surface area contributed by atoms with Crippen molar-refractivity contribution in [3.05, 3.63) is 29.6 Å². The molecule has 0 heterocycles. The molecule has 1 aromatic carbocycles. The van der Waals surface area contributed by atoms with Crippen LogP contribution in [0, 0.1) is 28.5 Å². The summed E-state index contributed by atoms with van der Waals surface area (Å²) < 4.78 is 13.3. The summed E-state index contributed by atoms with van der Waals surface area (Å²) in [5, 5.41) is 19.8. The number of rotatable bonds is 3. The molecule has 76 valence electrons. The number of hydrogen-bond acceptors (Lipinski definition) is 3. The molecule has 1 aromatic rings. The zero-order valence-corrected chi connectivity index (χ0v) is 8.29. The summed E-state index contributed by atoms with van der Waals surface area (Å²) in [6.07, 6.45) is 0.305. The van der Waals surface area contributed by atoms with Gasteiger partial charge in [0.1, 0.15) is 5.82 Å². The summed E-state index contributed by atoms with van der Waals surface area (Å²) in [5.41, 5.74) is 0.600. The van der Waals surface area contributed by atoms with Gasteiger partial charge >= 0.3 is 0 Å². The van der Waals surface area contributed by atoms with Crippen molar-refractivity contribution in [1.82, 2.24) is 0 Å². The minimum absolute atomic E-state index is 0.113. The predicted molar refractivity (Wildman–Crippen MR) is 54.4 cm³/mol. The van der Waals surface area contributed by atoms with Crippen molar-refractivity contribution in [1.29, 1.82) is 10.5 Å². The fraction of sp³-hybridized carbons (Fsp3) is 0.273. The third kappa shape index (κ3) is 2.96. The Morgan fingerprint density at radius 3 is 2.73 bits per heavy atom. The first-order valence-corrected chi connectivity index (χ1v) is 4.50. The topological polar surface area (TPSA) is 59.6 Å². The monoisotopic (exact) mass is 203 g/mol. The van der Waals surface area contributed by atoms with Gasteiger partial charge in [-0.1, -0.05) is 0 Å². The van der Waals surface area contributed by atoms with Gasteiger partial charge in [-0.3, -0.25) is 0 Å². The van der Waals surface area contributed by atoms with Crippen molar-refractivity contribution < 1.29 is 4.39 Å². The van der Waals surface area contributed by atoms with Crippen LogP contribution in [0.15, 0.2) is 18.2 Å². The van der Waals surface area contributed by atoms with Gasteiger partial charge in [0.25, 0.3) is 0 Å². The van der Waals surface area contributed by atoms with Crippen LogP contribution in [0.3, 0.4) is 0 Å². The van der Waals surface area contributed by atoms with Crippen molar-refractivity contribution in [3.8, 4) is 12.1 Å². The van der Waals surface area contributed by atoms with Gasteiger partial charge in [-0.25, -0.2) is 4.39 Å². The molecule has 0 fully saturated rings. The highest BCUT2D eigenvalue weighted by Crippen LogP contribution is 2.16. The third-order valence-corrected chi connectivity index (χ3v) is 1.90. The Bertz CT molecular complexity index is 428. The average molecular weight is 203 g/mol. The van der Waals surface area contributed by atoms with E-state index < -0.39 is 5.82 Å². The number of hydrogen-bond donors (Lipinski definition) is 1. The fourth-order valence-electron chi connectivity index (χ4n) is 1.16. The van der Waals surface area contributed by atoms with Crippen LogP contribution in [0.2, 0.25) is 0 Å². The molecule has 0 aliphatic carbocycles. The second-order valence-electron chi connectivity index (χ2n) is 3.21. The van der Waals surface area contributed by atoms with E-state index >= 15 is 0 Å². The molecule has 0 spiro atoms. The molecule has 0 saturated carbocycles. The lowest BCUT2D eigenvalue weighted by Gasteiger charge is -2.12.